The van der Waals surface area contributed by atoms with Gasteiger partial charge in [-0.3, -0.25) is 4.79 Å². The van der Waals surface area contributed by atoms with Crippen molar-refractivity contribution in [2.75, 3.05) is 26.7 Å². The molecule has 0 spiro atoms. The number of amides is 2. The molecule has 0 radical (unpaired) electrons. The number of nitrogens with zero attached hydrogens (tertiary/aromatic N) is 2. The summed E-state index contributed by atoms with van der Waals surface area (Å²) in [5, 5.41) is 0. The van der Waals surface area contributed by atoms with Crippen molar-refractivity contribution in [1.29, 1.82) is 0 Å². The molecule has 0 aliphatic carbocycles. The van der Waals surface area contributed by atoms with Crippen molar-refractivity contribution in [2.45, 2.75) is 39.2 Å². The van der Waals surface area contributed by atoms with Crippen molar-refractivity contribution in [1.82, 2.24) is 9.80 Å². The van der Waals surface area contributed by atoms with Crippen LogP contribution in [0.4, 0.5) is 4.79 Å². The summed E-state index contributed by atoms with van der Waals surface area (Å²) in [5.41, 5.74) is -0.485. The molecule has 1 aliphatic heterocycles. The summed E-state index contributed by atoms with van der Waals surface area (Å²) in [4.78, 5) is 27.7. The first-order valence-corrected chi connectivity index (χ1v) is 8.69. The zero-order valence-electron chi connectivity index (χ0n) is 15.5. The largest absolute Gasteiger partial charge is 0.465 e. The average Bonchev–Trinajstić information content (AvgIpc) is 3.05. The van der Waals surface area contributed by atoms with E-state index in [0.717, 1.165) is 12.8 Å². The van der Waals surface area contributed by atoms with Crippen molar-refractivity contribution < 1.29 is 18.7 Å². The van der Waals surface area contributed by atoms with Gasteiger partial charge in [0.2, 0.25) is 5.91 Å². The van der Waals surface area contributed by atoms with Crippen LogP contribution in [0.1, 0.15) is 39.4 Å². The highest BCUT2D eigenvalue weighted by Crippen LogP contribution is 2.19. The lowest BCUT2D eigenvalue weighted by Gasteiger charge is -2.34. The Balaban J connectivity index is 1.75. The molecule has 1 aliphatic rings. The van der Waals surface area contributed by atoms with E-state index in [9.17, 15) is 9.59 Å². The van der Waals surface area contributed by atoms with Gasteiger partial charge in [0, 0.05) is 32.8 Å². The summed E-state index contributed by atoms with van der Waals surface area (Å²) in [6, 6.07) is 3.60. The van der Waals surface area contributed by atoms with Gasteiger partial charge in [-0.1, -0.05) is 0 Å². The van der Waals surface area contributed by atoms with Crippen molar-refractivity contribution in [3.63, 3.8) is 0 Å². The lowest BCUT2D eigenvalue weighted by Crippen LogP contribution is -2.42. The van der Waals surface area contributed by atoms with Crippen LogP contribution in [0.3, 0.4) is 0 Å². The molecule has 0 N–H and O–H groups in total. The Labute approximate surface area is 149 Å². The summed E-state index contributed by atoms with van der Waals surface area (Å²) >= 11 is 0. The third-order valence-electron chi connectivity index (χ3n) is 4.10. The van der Waals surface area contributed by atoms with Crippen molar-refractivity contribution in [3.05, 3.63) is 30.2 Å². The van der Waals surface area contributed by atoms with E-state index in [1.54, 1.807) is 36.4 Å². The van der Waals surface area contributed by atoms with Crippen LogP contribution < -0.4 is 0 Å². The molecule has 0 aromatic carbocycles. The molecule has 138 valence electrons. The molecule has 2 amide bonds. The van der Waals surface area contributed by atoms with Crippen LogP contribution in [0.2, 0.25) is 0 Å². The first-order chi connectivity index (χ1) is 11.7. The van der Waals surface area contributed by atoms with Crippen LogP contribution in [0.15, 0.2) is 28.9 Å². The Hall–Kier alpha value is -2.24. The molecule has 1 saturated heterocycles. The van der Waals surface area contributed by atoms with E-state index in [-0.39, 0.29) is 12.0 Å². The van der Waals surface area contributed by atoms with Gasteiger partial charge in [0.15, 0.2) is 0 Å². The predicted octanol–water partition coefficient (Wildman–Crippen LogP) is 3.40. The second-order valence-electron chi connectivity index (χ2n) is 7.48. The molecule has 6 heteroatoms. The molecule has 0 atom stereocenters. The van der Waals surface area contributed by atoms with Crippen molar-refractivity contribution in [2.24, 2.45) is 5.92 Å². The number of rotatable bonds is 4. The molecular weight excluding hydrogens is 320 g/mol. The van der Waals surface area contributed by atoms with Gasteiger partial charge in [-0.25, -0.2) is 4.79 Å². The maximum atomic E-state index is 12.2. The monoisotopic (exact) mass is 348 g/mol. The average molecular weight is 348 g/mol. The molecule has 2 rings (SSSR count). The van der Waals surface area contributed by atoms with E-state index < -0.39 is 5.60 Å². The fourth-order valence-corrected chi connectivity index (χ4v) is 2.78. The van der Waals surface area contributed by atoms with Gasteiger partial charge in [0.25, 0.3) is 0 Å². The number of hydrogen-bond acceptors (Lipinski definition) is 4. The minimum Gasteiger partial charge on any atom is -0.465 e. The lowest BCUT2D eigenvalue weighted by atomic mass is 9.96. The fraction of sp³-hybridized carbons (Fsp3) is 0.579. The van der Waals surface area contributed by atoms with Gasteiger partial charge in [0.05, 0.1) is 6.26 Å². The number of carbonyl (C=O) groups is 2. The van der Waals surface area contributed by atoms with E-state index in [0.29, 0.717) is 31.3 Å². The molecule has 0 bridgehead atoms. The highest BCUT2D eigenvalue weighted by atomic mass is 16.6. The van der Waals surface area contributed by atoms with Crippen molar-refractivity contribution >= 4 is 18.1 Å². The Morgan fingerprint density at radius 2 is 2.04 bits per heavy atom. The Morgan fingerprint density at radius 3 is 2.60 bits per heavy atom. The zero-order valence-corrected chi connectivity index (χ0v) is 15.5. The summed E-state index contributed by atoms with van der Waals surface area (Å²) in [6.45, 7) is 7.64. The standard InChI is InChI=1S/C19H28N2O4/c1-19(2,3)25-18(23)20(4)14-15-9-11-21(12-10-15)17(22)8-7-16-6-5-13-24-16/h5-8,13,15H,9-12,14H2,1-4H3. The topological polar surface area (TPSA) is 63.0 Å². The SMILES string of the molecule is CN(CC1CCN(C(=O)C=Cc2ccco2)CC1)C(=O)OC(C)(C)C. The number of furan rings is 1. The minimum absolute atomic E-state index is 0.00431. The molecule has 0 unspecified atom stereocenters. The third kappa shape index (κ3) is 6.29. The normalized spacial score (nSPS) is 16.2. The number of carbonyl (C=O) groups excluding carboxylic acids is 2. The number of hydrogen-bond donors (Lipinski definition) is 0. The van der Waals surface area contributed by atoms with E-state index in [1.807, 2.05) is 31.7 Å². The first kappa shape index (κ1) is 19.1. The van der Waals surface area contributed by atoms with Gasteiger partial charge in [-0.05, 0) is 57.7 Å². The molecule has 25 heavy (non-hydrogen) atoms. The second-order valence-corrected chi connectivity index (χ2v) is 7.48. The van der Waals surface area contributed by atoms with Gasteiger partial charge in [-0.15, -0.1) is 0 Å². The van der Waals surface area contributed by atoms with Crippen LogP contribution >= 0.6 is 0 Å². The van der Waals surface area contributed by atoms with Crippen molar-refractivity contribution in [3.8, 4) is 0 Å². The van der Waals surface area contributed by atoms with Gasteiger partial charge in [-0.2, -0.15) is 0 Å². The van der Waals surface area contributed by atoms with Crippen LogP contribution in [-0.2, 0) is 9.53 Å². The van der Waals surface area contributed by atoms with Crippen LogP contribution in [0.5, 0.6) is 0 Å². The summed E-state index contributed by atoms with van der Waals surface area (Å²) < 4.78 is 10.6. The van der Waals surface area contributed by atoms with Crippen LogP contribution in [0, 0.1) is 5.92 Å². The van der Waals surface area contributed by atoms with E-state index >= 15 is 0 Å². The second kappa shape index (κ2) is 8.23. The fourth-order valence-electron chi connectivity index (χ4n) is 2.78. The summed E-state index contributed by atoms with van der Waals surface area (Å²) in [5.74, 6) is 1.05. The van der Waals surface area contributed by atoms with Gasteiger partial charge in [0.1, 0.15) is 11.4 Å². The number of piperidine rings is 1. The Kier molecular flexibility index (Phi) is 6.28. The van der Waals surface area contributed by atoms with E-state index in [2.05, 4.69) is 0 Å². The molecule has 0 saturated carbocycles. The van der Waals surface area contributed by atoms with Gasteiger partial charge < -0.3 is 19.0 Å². The molecule has 1 aromatic heterocycles. The summed E-state index contributed by atoms with van der Waals surface area (Å²) in [6.07, 6.45) is 6.28. The molecule has 2 heterocycles. The zero-order chi connectivity index (χ0) is 18.4. The molecule has 1 aromatic rings. The van der Waals surface area contributed by atoms with Gasteiger partial charge >= 0.3 is 6.09 Å². The Bertz CT molecular complexity index is 593. The maximum absolute atomic E-state index is 12.2. The Morgan fingerprint density at radius 1 is 1.36 bits per heavy atom. The quantitative estimate of drug-likeness (QED) is 0.783. The van der Waals surface area contributed by atoms with Crippen LogP contribution in [-0.4, -0.2) is 54.1 Å². The van der Waals surface area contributed by atoms with E-state index in [4.69, 9.17) is 9.15 Å². The van der Waals surface area contributed by atoms with E-state index in [1.165, 1.54) is 0 Å². The number of likely N-dealkylation sites (tertiary alicyclic amines) is 1. The molecule has 6 nitrogen and oxygen atoms in total. The summed E-state index contributed by atoms with van der Waals surface area (Å²) in [7, 11) is 1.76. The molecule has 1 fully saturated rings. The lowest BCUT2D eigenvalue weighted by molar-refractivity contribution is -0.127. The smallest absolute Gasteiger partial charge is 0.410 e. The third-order valence-corrected chi connectivity index (χ3v) is 4.10. The highest BCUT2D eigenvalue weighted by molar-refractivity contribution is 5.91. The number of ether oxygens (including phenoxy) is 1. The van der Waals surface area contributed by atoms with Crippen LogP contribution in [0.25, 0.3) is 6.08 Å². The first-order valence-electron chi connectivity index (χ1n) is 8.69. The highest BCUT2D eigenvalue weighted by Gasteiger charge is 2.26. The maximum Gasteiger partial charge on any atom is 0.410 e. The minimum atomic E-state index is -0.485. The predicted molar refractivity (Wildman–Crippen MR) is 95.9 cm³/mol. The molecular formula is C19H28N2O4.